The zero-order chi connectivity index (χ0) is 15.0. The van der Waals surface area contributed by atoms with Gasteiger partial charge >= 0.3 is 11.8 Å². The number of ether oxygens (including phenoxy) is 1. The van der Waals surface area contributed by atoms with Crippen LogP contribution in [0.25, 0.3) is 0 Å². The molecule has 2 amide bonds. The molecule has 0 radical (unpaired) electrons. The third kappa shape index (κ3) is 4.57. The van der Waals surface area contributed by atoms with Crippen LogP contribution < -0.4 is 10.1 Å². The summed E-state index contributed by atoms with van der Waals surface area (Å²) in [6.07, 6.45) is 1.86. The van der Waals surface area contributed by atoms with E-state index in [1.165, 1.54) is 4.90 Å². The van der Waals surface area contributed by atoms with Crippen molar-refractivity contribution in [2.45, 2.75) is 26.7 Å². The Labute approximate surface area is 119 Å². The lowest BCUT2D eigenvalue weighted by molar-refractivity contribution is -0.142. The summed E-state index contributed by atoms with van der Waals surface area (Å²) in [7, 11) is 1.63. The van der Waals surface area contributed by atoms with Gasteiger partial charge in [0, 0.05) is 13.6 Å². The predicted octanol–water partition coefficient (Wildman–Crippen LogP) is 2.28. The second-order valence-corrected chi connectivity index (χ2v) is 4.46. The van der Waals surface area contributed by atoms with Crippen molar-refractivity contribution in [1.29, 1.82) is 0 Å². The second-order valence-electron chi connectivity index (χ2n) is 4.46. The first kappa shape index (κ1) is 16.0. The summed E-state index contributed by atoms with van der Waals surface area (Å²) >= 11 is 0. The van der Waals surface area contributed by atoms with Gasteiger partial charge in [-0.15, -0.1) is 0 Å². The normalized spacial score (nSPS) is 9.95. The van der Waals surface area contributed by atoms with Gasteiger partial charge in [-0.3, -0.25) is 9.59 Å². The van der Waals surface area contributed by atoms with E-state index in [2.05, 4.69) is 5.32 Å². The molecule has 0 unspecified atom stereocenters. The Morgan fingerprint density at radius 1 is 1.25 bits per heavy atom. The minimum absolute atomic E-state index is 0.497. The van der Waals surface area contributed by atoms with Crippen LogP contribution >= 0.6 is 0 Å². The van der Waals surface area contributed by atoms with Crippen LogP contribution in [0.1, 0.15) is 26.7 Å². The lowest BCUT2D eigenvalue weighted by Crippen LogP contribution is -2.37. The van der Waals surface area contributed by atoms with E-state index in [0.717, 1.165) is 12.8 Å². The molecule has 5 nitrogen and oxygen atoms in total. The maximum Gasteiger partial charge on any atom is 0.313 e. The monoisotopic (exact) mass is 278 g/mol. The number of likely N-dealkylation sites (N-methyl/N-ethyl adjacent to an activating group) is 1. The molecule has 0 aliphatic carbocycles. The average Bonchev–Trinajstić information content (AvgIpc) is 2.46. The Bertz CT molecular complexity index is 460. The standard InChI is InChI=1S/C15H22N2O3/c1-4-6-11-17(3)15(19)14(18)16-12-9-7-8-10-13(12)20-5-2/h7-10H,4-6,11H2,1-3H3,(H,16,18). The first-order valence-electron chi connectivity index (χ1n) is 6.88. The fourth-order valence-electron chi connectivity index (χ4n) is 1.70. The summed E-state index contributed by atoms with van der Waals surface area (Å²) in [6, 6.07) is 7.06. The highest BCUT2D eigenvalue weighted by atomic mass is 16.5. The smallest absolute Gasteiger partial charge is 0.313 e. The van der Waals surface area contributed by atoms with Gasteiger partial charge in [0.25, 0.3) is 0 Å². The number of carbonyl (C=O) groups excluding carboxylic acids is 2. The van der Waals surface area contributed by atoms with Crippen LogP contribution in [0.4, 0.5) is 5.69 Å². The van der Waals surface area contributed by atoms with Gasteiger partial charge in [-0.1, -0.05) is 25.5 Å². The molecular formula is C15H22N2O3. The number of anilines is 1. The molecule has 0 aromatic heterocycles. The highest BCUT2D eigenvalue weighted by molar-refractivity contribution is 6.39. The van der Waals surface area contributed by atoms with Crippen molar-refractivity contribution in [3.63, 3.8) is 0 Å². The predicted molar refractivity (Wildman–Crippen MR) is 78.8 cm³/mol. The van der Waals surface area contributed by atoms with Crippen molar-refractivity contribution in [2.75, 3.05) is 25.5 Å². The number of unbranched alkanes of at least 4 members (excludes halogenated alkanes) is 1. The molecule has 1 aromatic rings. The van der Waals surface area contributed by atoms with Crippen molar-refractivity contribution in [1.82, 2.24) is 4.90 Å². The van der Waals surface area contributed by atoms with Crippen molar-refractivity contribution in [3.05, 3.63) is 24.3 Å². The molecule has 0 atom stereocenters. The molecule has 0 saturated carbocycles. The van der Waals surface area contributed by atoms with Crippen molar-refractivity contribution >= 4 is 17.5 Å². The first-order valence-corrected chi connectivity index (χ1v) is 6.88. The molecule has 0 spiro atoms. The molecule has 0 fully saturated rings. The lowest BCUT2D eigenvalue weighted by atomic mass is 10.3. The van der Waals surface area contributed by atoms with E-state index in [-0.39, 0.29) is 0 Å². The molecule has 1 aromatic carbocycles. The molecule has 0 aliphatic heterocycles. The van der Waals surface area contributed by atoms with Crippen molar-refractivity contribution < 1.29 is 14.3 Å². The Morgan fingerprint density at radius 2 is 1.95 bits per heavy atom. The molecular weight excluding hydrogens is 256 g/mol. The zero-order valence-electron chi connectivity index (χ0n) is 12.3. The van der Waals surface area contributed by atoms with Gasteiger partial charge in [-0.25, -0.2) is 0 Å². The highest BCUT2D eigenvalue weighted by Crippen LogP contribution is 2.23. The van der Waals surface area contributed by atoms with Crippen LogP contribution in [0, 0.1) is 0 Å². The third-order valence-corrected chi connectivity index (χ3v) is 2.82. The number of hydrogen-bond acceptors (Lipinski definition) is 3. The van der Waals surface area contributed by atoms with E-state index in [4.69, 9.17) is 4.74 Å². The van der Waals surface area contributed by atoms with E-state index in [0.29, 0.717) is 24.6 Å². The molecule has 0 heterocycles. The molecule has 1 N–H and O–H groups in total. The summed E-state index contributed by atoms with van der Waals surface area (Å²) in [4.78, 5) is 25.2. The van der Waals surface area contributed by atoms with Crippen LogP contribution in [-0.4, -0.2) is 36.9 Å². The van der Waals surface area contributed by atoms with Crippen LogP contribution in [0.2, 0.25) is 0 Å². The van der Waals surface area contributed by atoms with Gasteiger partial charge < -0.3 is 15.0 Å². The lowest BCUT2D eigenvalue weighted by Gasteiger charge is -2.17. The topological polar surface area (TPSA) is 58.6 Å². The Hall–Kier alpha value is -2.04. The number of benzene rings is 1. The van der Waals surface area contributed by atoms with Crippen LogP contribution in [0.5, 0.6) is 5.75 Å². The Kier molecular flexibility index (Phi) is 6.56. The number of nitrogens with one attached hydrogen (secondary N) is 1. The SMILES string of the molecule is CCCCN(C)C(=O)C(=O)Nc1ccccc1OCC. The Morgan fingerprint density at radius 3 is 2.60 bits per heavy atom. The number of hydrogen-bond donors (Lipinski definition) is 1. The second kappa shape index (κ2) is 8.19. The largest absolute Gasteiger partial charge is 0.492 e. The maximum atomic E-state index is 11.9. The molecule has 110 valence electrons. The number of nitrogens with zero attached hydrogens (tertiary/aromatic N) is 1. The van der Waals surface area contributed by atoms with Crippen molar-refractivity contribution in [2.24, 2.45) is 0 Å². The fraction of sp³-hybridized carbons (Fsp3) is 0.467. The van der Waals surface area contributed by atoms with E-state index >= 15 is 0 Å². The van der Waals surface area contributed by atoms with E-state index in [9.17, 15) is 9.59 Å². The van der Waals surface area contributed by atoms with Gasteiger partial charge in [-0.2, -0.15) is 0 Å². The zero-order valence-corrected chi connectivity index (χ0v) is 12.3. The first-order chi connectivity index (χ1) is 9.60. The third-order valence-electron chi connectivity index (χ3n) is 2.82. The van der Waals surface area contributed by atoms with E-state index < -0.39 is 11.8 Å². The summed E-state index contributed by atoms with van der Waals surface area (Å²) in [5.41, 5.74) is 0.511. The van der Waals surface area contributed by atoms with Crippen LogP contribution in [0.3, 0.4) is 0 Å². The van der Waals surface area contributed by atoms with Crippen LogP contribution in [-0.2, 0) is 9.59 Å². The minimum atomic E-state index is -0.643. The number of rotatable bonds is 6. The number of carbonyl (C=O) groups is 2. The van der Waals surface area contributed by atoms with Gasteiger partial charge in [0.15, 0.2) is 0 Å². The molecule has 0 bridgehead atoms. The molecule has 20 heavy (non-hydrogen) atoms. The summed E-state index contributed by atoms with van der Waals surface area (Å²) in [5.74, 6) is -0.618. The quantitative estimate of drug-likeness (QED) is 0.812. The summed E-state index contributed by atoms with van der Waals surface area (Å²) < 4.78 is 5.40. The van der Waals surface area contributed by atoms with E-state index in [1.54, 1.807) is 25.2 Å². The highest BCUT2D eigenvalue weighted by Gasteiger charge is 2.19. The van der Waals surface area contributed by atoms with E-state index in [1.807, 2.05) is 19.9 Å². The summed E-state index contributed by atoms with van der Waals surface area (Å²) in [6.45, 7) is 4.98. The maximum absolute atomic E-state index is 11.9. The van der Waals surface area contributed by atoms with Gasteiger partial charge in [0.2, 0.25) is 0 Å². The fourth-order valence-corrected chi connectivity index (χ4v) is 1.70. The average molecular weight is 278 g/mol. The minimum Gasteiger partial charge on any atom is -0.492 e. The van der Waals surface area contributed by atoms with Gasteiger partial charge in [0.05, 0.1) is 12.3 Å². The number of amides is 2. The molecule has 0 saturated heterocycles. The number of para-hydroxylation sites is 2. The van der Waals surface area contributed by atoms with Crippen LogP contribution in [0.15, 0.2) is 24.3 Å². The molecule has 0 aliphatic rings. The molecule has 1 rings (SSSR count). The summed E-state index contributed by atoms with van der Waals surface area (Å²) in [5, 5.41) is 2.60. The molecule has 5 heteroatoms. The van der Waals surface area contributed by atoms with Crippen molar-refractivity contribution in [3.8, 4) is 5.75 Å². The Balaban J connectivity index is 2.68. The van der Waals surface area contributed by atoms with Gasteiger partial charge in [0.1, 0.15) is 5.75 Å². The van der Waals surface area contributed by atoms with Gasteiger partial charge in [-0.05, 0) is 25.5 Å².